The van der Waals surface area contributed by atoms with E-state index in [9.17, 15) is 28.8 Å². The number of nitrogens with two attached hydrogens (primary N) is 3. The van der Waals surface area contributed by atoms with Gasteiger partial charge in [0.2, 0.25) is 0 Å². The molecule has 0 spiro atoms. The Bertz CT molecular complexity index is 6800. The highest BCUT2D eigenvalue weighted by Gasteiger charge is 2.60. The van der Waals surface area contributed by atoms with Crippen LogP contribution in [0.25, 0.3) is 50.3 Å². The average Bonchev–Trinajstić information content (AvgIpc) is 1.56. The molecule has 6 saturated carbocycles. The van der Waals surface area contributed by atoms with Gasteiger partial charge in [-0.2, -0.15) is 0 Å². The predicted molar refractivity (Wildman–Crippen MR) is 480 cm³/mol. The van der Waals surface area contributed by atoms with Gasteiger partial charge in [0, 0.05) is 151 Å². The van der Waals surface area contributed by atoms with Crippen LogP contribution in [-0.2, 0) is 35.5 Å². The number of aromatic nitrogens is 13. The van der Waals surface area contributed by atoms with E-state index in [4.69, 9.17) is 41.3 Å². The summed E-state index contributed by atoms with van der Waals surface area (Å²) >= 11 is 0. The Morgan fingerprint density at radius 2 is 0.764 bits per heavy atom. The van der Waals surface area contributed by atoms with Crippen molar-refractivity contribution in [1.82, 2.24) is 79.0 Å². The summed E-state index contributed by atoms with van der Waals surface area (Å²) in [6.45, 7) is 5.97. The van der Waals surface area contributed by atoms with Crippen LogP contribution in [0.4, 0.5) is 17.5 Å². The van der Waals surface area contributed by atoms with Crippen LogP contribution in [0, 0.1) is 20.8 Å². The van der Waals surface area contributed by atoms with Crippen LogP contribution in [0.3, 0.4) is 0 Å². The number of para-hydroxylation sites is 1. The number of pyridine rings is 4. The van der Waals surface area contributed by atoms with Crippen molar-refractivity contribution in [1.29, 1.82) is 0 Å². The van der Waals surface area contributed by atoms with E-state index in [1.54, 1.807) is 93.1 Å². The van der Waals surface area contributed by atoms with Crippen LogP contribution in [0.5, 0.6) is 5.75 Å². The number of ketones is 3. The Kier molecular flexibility index (Phi) is 21.1. The number of fused-ring (bicyclic) bond motifs is 9. The highest BCUT2D eigenvalue weighted by molar-refractivity contribution is 6.01. The van der Waals surface area contributed by atoms with E-state index in [0.717, 1.165) is 198 Å². The Hall–Kier alpha value is -14.8. The molecule has 6 fully saturated rings. The van der Waals surface area contributed by atoms with Gasteiger partial charge in [0.1, 0.15) is 74.3 Å². The predicted octanol–water partition coefficient (Wildman–Crippen LogP) is 15.5. The van der Waals surface area contributed by atoms with Crippen molar-refractivity contribution in [3.8, 4) is 39.5 Å². The Balaban J connectivity index is 0.000000124. The Labute approximate surface area is 732 Å². The zero-order valence-corrected chi connectivity index (χ0v) is 71.0. The molecule has 0 saturated heterocycles. The monoisotopic (exact) mass is 1690 g/mol. The summed E-state index contributed by atoms with van der Waals surface area (Å²) in [7, 11) is 1.58. The standard InChI is InChI=1S/C35H34N6O3.C33H31N7O2.C32H30N6O3/c1-22-11-16-37-25(19-22)20-27(42)23-7-9-24(10-8-23)29-30-31(36)38-17-18-41(30)33(39-29)34-12-14-35(21-34,15-13-34)40-32(43)26-5-3-4-6-28(26)44-2;1-21-8-14-36-25(17-21)18-26(41)22-4-6-23(7-5-22)27-28-29(34)37-15-16-40(28)31(38-27)32-9-11-33(20-32,12-10-32)39-30(42)24-3-2-13-35-19-24;1-20-8-13-34-23(17-20)18-24(39)21-4-6-22(7-5-21)26-27-28(33)35-14-15-38(27)30(36-26)31-9-11-32(19-31,12-10-31)37-29(40)25-3-2-16-41-25/h3-11,16-19H,12-15,20-21H2,1-2H3,(H2,36,38)(H,40,43);2-8,13-17,19H,9-12,18,20H2,1H3,(H2,34,37)(H,39,42);2-8,13-17H,9-12,18-19H2,1H3,(H2,33,35)(H,37,40). The second-order valence-corrected chi connectivity index (χ2v) is 35.4. The molecule has 0 unspecified atom stereocenters. The van der Waals surface area contributed by atoms with E-state index in [1.807, 2.05) is 161 Å². The summed E-state index contributed by atoms with van der Waals surface area (Å²) < 4.78 is 17.0. The molecule has 0 aliphatic heterocycles. The maximum Gasteiger partial charge on any atom is 0.287 e. The largest absolute Gasteiger partial charge is 0.496 e. The maximum atomic E-state index is 13.4. The number of aryl methyl sites for hydroxylation is 3. The third kappa shape index (κ3) is 15.5. The summed E-state index contributed by atoms with van der Waals surface area (Å²) in [5.41, 5.74) is 33.4. The first-order chi connectivity index (χ1) is 61.5. The SMILES string of the molecule is COc1ccccc1C(=O)NC12CCC(c3nc(-c4ccc(C(=O)Cc5cc(C)ccn5)cc4)c4c(N)nccn34)(CC1)C2.Cc1ccnc(CC(=O)c2ccc(-c3nc(C45CCC(NC(=O)c6cccnc6)(CC4)C5)n4ccnc(N)c34)cc2)c1.Cc1ccnc(CC(=O)c2ccc(-c3nc(C45CCC(NC(=O)c6ccco6)(CC4)C5)n4ccnc(N)c34)cc2)c1. The number of benzene rings is 4. The fourth-order valence-corrected chi connectivity index (χ4v) is 20.9. The summed E-state index contributed by atoms with van der Waals surface area (Å²) in [5.74, 6) is 4.56. The number of Topliss-reactive ketones (excluding diaryl/α,β-unsaturated/α-hetero) is 3. The van der Waals surface area contributed by atoms with Crippen molar-refractivity contribution in [2.45, 2.75) is 169 Å². The lowest BCUT2D eigenvalue weighted by Crippen LogP contribution is -2.45. The van der Waals surface area contributed by atoms with Crippen LogP contribution in [0.2, 0.25) is 0 Å². The molecule has 6 aliphatic carbocycles. The van der Waals surface area contributed by atoms with Crippen molar-refractivity contribution in [3.63, 3.8) is 0 Å². The second-order valence-electron chi connectivity index (χ2n) is 35.4. The number of rotatable bonds is 22. The van der Waals surface area contributed by atoms with Crippen LogP contribution < -0.4 is 37.9 Å². The third-order valence-corrected chi connectivity index (χ3v) is 27.2. The number of nitrogens with one attached hydrogen (secondary N) is 3. The van der Waals surface area contributed by atoms with Crippen LogP contribution >= 0.6 is 0 Å². The molecule has 0 radical (unpaired) electrons. The lowest BCUT2D eigenvalue weighted by molar-refractivity contribution is 0.0868. The molecule has 0 atom stereocenters. The maximum absolute atomic E-state index is 13.4. The van der Waals surface area contributed by atoms with Gasteiger partial charge in [0.05, 0.1) is 43.8 Å². The summed E-state index contributed by atoms with van der Waals surface area (Å²) in [6.07, 6.45) is 34.7. The number of carbonyl (C=O) groups is 6. The topological polar surface area (TPSA) is 381 Å². The number of methoxy groups -OCH3 is 1. The summed E-state index contributed by atoms with van der Waals surface area (Å²) in [5, 5.41) is 9.99. The minimum Gasteiger partial charge on any atom is -0.496 e. The molecular weight excluding hydrogens is 1600 g/mol. The van der Waals surface area contributed by atoms with Gasteiger partial charge in [-0.05, 0) is 207 Å². The number of nitrogens with zero attached hydrogens (tertiary/aromatic N) is 13. The van der Waals surface area contributed by atoms with Gasteiger partial charge in [-0.15, -0.1) is 0 Å². The number of nitrogen functional groups attached to an aromatic ring is 3. The number of amides is 3. The van der Waals surface area contributed by atoms with E-state index in [0.29, 0.717) is 56.8 Å². The van der Waals surface area contributed by atoms with Gasteiger partial charge < -0.3 is 42.3 Å². The fourth-order valence-electron chi connectivity index (χ4n) is 20.9. The van der Waals surface area contributed by atoms with Crippen LogP contribution in [0.1, 0.15) is 210 Å². The second kappa shape index (κ2) is 32.7. The van der Waals surface area contributed by atoms with Crippen molar-refractivity contribution in [2.24, 2.45) is 0 Å². The van der Waals surface area contributed by atoms with E-state index < -0.39 is 0 Å². The van der Waals surface area contributed by atoms with Gasteiger partial charge >= 0.3 is 0 Å². The molecule has 21 rings (SSSR count). The van der Waals surface area contributed by atoms with Crippen molar-refractivity contribution >= 4 is 69.1 Å². The fraction of sp³-hybridized carbons (Fsp3) is 0.280. The van der Waals surface area contributed by atoms with Crippen molar-refractivity contribution < 1.29 is 37.9 Å². The number of carbonyl (C=O) groups excluding carboxylic acids is 6. The number of hydrogen-bond acceptors (Lipinski definition) is 21. The molecule has 4 aromatic carbocycles. The van der Waals surface area contributed by atoms with Gasteiger partial charge in [-0.25, -0.2) is 29.9 Å². The lowest BCUT2D eigenvalue weighted by Gasteiger charge is -2.28. The highest BCUT2D eigenvalue weighted by Crippen LogP contribution is 2.61. The average molecular weight is 1690 g/mol. The molecule has 638 valence electrons. The first-order valence-corrected chi connectivity index (χ1v) is 43.1. The molecule has 27 nitrogen and oxygen atoms in total. The quantitative estimate of drug-likeness (QED) is 0.0343. The minimum atomic E-state index is -0.309. The number of hydrogen-bond donors (Lipinski definition) is 6. The minimum absolute atomic E-state index is 0.00790. The van der Waals surface area contributed by atoms with Gasteiger partial charge in [-0.1, -0.05) is 84.9 Å². The first kappa shape index (κ1) is 81.9. The summed E-state index contributed by atoms with van der Waals surface area (Å²) in [4.78, 5) is 124. The normalized spacial score (nSPS) is 21.0. The molecule has 9 N–H and O–H groups in total. The van der Waals surface area contributed by atoms with Crippen LogP contribution in [-0.4, -0.2) is 122 Å². The van der Waals surface area contributed by atoms with Crippen molar-refractivity contribution in [3.05, 3.63) is 317 Å². The van der Waals surface area contributed by atoms with Crippen LogP contribution in [0.15, 0.2) is 237 Å². The van der Waals surface area contributed by atoms with E-state index in [-0.39, 0.29) is 87.2 Å². The molecule has 11 heterocycles. The number of anilines is 3. The molecule has 127 heavy (non-hydrogen) atoms. The van der Waals surface area contributed by atoms with Gasteiger partial charge in [0.25, 0.3) is 17.7 Å². The molecule has 27 heteroatoms. The zero-order chi connectivity index (χ0) is 87.6. The van der Waals surface area contributed by atoms with Gasteiger partial charge in [0.15, 0.2) is 23.1 Å². The highest BCUT2D eigenvalue weighted by atomic mass is 16.5. The number of ether oxygens (including phenoxy) is 1. The van der Waals surface area contributed by atoms with Gasteiger partial charge in [-0.3, -0.25) is 61.9 Å². The lowest BCUT2D eigenvalue weighted by atomic mass is 9.83. The van der Waals surface area contributed by atoms with E-state index in [2.05, 4.69) is 64.0 Å². The number of imidazole rings is 3. The smallest absolute Gasteiger partial charge is 0.287 e. The molecular formula is C100H95N19O8. The molecule has 6 bridgehead atoms. The molecule has 6 aliphatic rings. The Morgan fingerprint density at radius 1 is 0.394 bits per heavy atom. The zero-order valence-electron chi connectivity index (χ0n) is 71.0. The first-order valence-electron chi connectivity index (χ1n) is 43.1. The van der Waals surface area contributed by atoms with E-state index >= 15 is 0 Å². The number of furan rings is 1. The third-order valence-electron chi connectivity index (χ3n) is 27.2. The Morgan fingerprint density at radius 3 is 1.11 bits per heavy atom. The molecule has 15 aromatic rings. The summed E-state index contributed by atoms with van der Waals surface area (Å²) in [6, 6.07) is 48.4. The molecule has 3 amide bonds. The van der Waals surface area contributed by atoms with E-state index in [1.165, 1.54) is 6.26 Å². The molecule has 11 aromatic heterocycles. The van der Waals surface area contributed by atoms with Crippen molar-refractivity contribution in [2.75, 3.05) is 24.3 Å².